The lowest BCUT2D eigenvalue weighted by molar-refractivity contribution is 1.19. The van der Waals surface area contributed by atoms with Crippen molar-refractivity contribution >= 4 is 38.2 Å². The van der Waals surface area contributed by atoms with Gasteiger partial charge in [-0.2, -0.15) is 15.8 Å². The third kappa shape index (κ3) is 3.93. The van der Waals surface area contributed by atoms with Crippen LogP contribution in [0.4, 0.5) is 0 Å². The fraction of sp³-hybridized carbons (Fsp3) is 0. The maximum atomic E-state index is 14.4. The lowest BCUT2D eigenvalue weighted by Gasteiger charge is -2.12. The number of aromatic nitrogens is 2. The van der Waals surface area contributed by atoms with E-state index in [9.17, 15) is 20.6 Å². The molecular weight excluding hydrogens is 554 g/mol. The number of hydrogen-bond donors (Lipinski definition) is 0. The minimum Gasteiger partial charge on any atom is -0.268 e. The quantitative estimate of drug-likeness (QED) is 0.212. The van der Waals surface area contributed by atoms with Gasteiger partial charge in [-0.3, -0.25) is 9.20 Å². The monoisotopic (exact) mass is 573 g/mol. The molecule has 0 aliphatic rings. The highest BCUT2D eigenvalue weighted by Crippen LogP contribution is 2.39. The number of benzene rings is 6. The number of nitriles is 3. The summed E-state index contributed by atoms with van der Waals surface area (Å²) in [5.41, 5.74) is 8.88. The Kier molecular flexibility index (Phi) is 5.68. The van der Waals surface area contributed by atoms with E-state index >= 15 is 0 Å². The largest absolute Gasteiger partial charge is 0.268 e. The minimum atomic E-state index is -0.162. The first kappa shape index (κ1) is 25.9. The molecular formula is C39H19N5O. The molecule has 6 aromatic carbocycles. The van der Waals surface area contributed by atoms with Crippen LogP contribution in [0.3, 0.4) is 0 Å². The third-order valence-electron chi connectivity index (χ3n) is 8.47. The molecule has 6 nitrogen and oxygen atoms in total. The molecule has 0 bridgehead atoms. The third-order valence-corrected chi connectivity index (χ3v) is 8.47. The molecule has 0 unspecified atom stereocenters. The Hall–Kier alpha value is -6.81. The van der Waals surface area contributed by atoms with Gasteiger partial charge in [0.2, 0.25) is 0 Å². The second-order valence-corrected chi connectivity index (χ2v) is 10.9. The van der Waals surface area contributed by atoms with Gasteiger partial charge in [0, 0.05) is 21.7 Å². The Morgan fingerprint density at radius 1 is 0.533 bits per heavy atom. The zero-order valence-electron chi connectivity index (χ0n) is 23.6. The summed E-state index contributed by atoms with van der Waals surface area (Å²) in [6.45, 7) is 0. The van der Waals surface area contributed by atoms with Crippen LogP contribution in [0, 0.1) is 34.0 Å². The Morgan fingerprint density at radius 2 is 1.09 bits per heavy atom. The molecule has 2 heterocycles. The molecule has 0 amide bonds. The summed E-state index contributed by atoms with van der Waals surface area (Å²) < 4.78 is 1.70. The Bertz CT molecular complexity index is 2670. The molecule has 0 spiro atoms. The predicted molar refractivity (Wildman–Crippen MR) is 176 cm³/mol. The van der Waals surface area contributed by atoms with Crippen molar-refractivity contribution < 1.29 is 0 Å². The highest BCUT2D eigenvalue weighted by atomic mass is 16.1. The fourth-order valence-corrected chi connectivity index (χ4v) is 6.28. The van der Waals surface area contributed by atoms with E-state index in [4.69, 9.17) is 4.98 Å². The van der Waals surface area contributed by atoms with Gasteiger partial charge in [-0.05, 0) is 87.8 Å². The molecule has 8 aromatic rings. The molecule has 0 aliphatic carbocycles. The van der Waals surface area contributed by atoms with Crippen molar-refractivity contribution in [3.8, 4) is 51.6 Å². The topological polar surface area (TPSA) is 106 Å². The first-order chi connectivity index (χ1) is 22.1. The average molecular weight is 574 g/mol. The van der Waals surface area contributed by atoms with Crippen molar-refractivity contribution in [2.45, 2.75) is 0 Å². The standard InChI is InChI=1S/C39H19N5O/c40-20-23-4-10-26(11-5-23)29-18-34(28-14-8-25(22-42)9-15-28)37-35(19-29)44-38(43-37)32-3-1-2-31-30(16-17-33(36(31)32)39(44)45)27-12-6-24(21-41)7-13-27/h1-19H. The lowest BCUT2D eigenvalue weighted by Crippen LogP contribution is -2.13. The molecule has 0 saturated carbocycles. The van der Waals surface area contributed by atoms with Gasteiger partial charge in [0.1, 0.15) is 5.65 Å². The van der Waals surface area contributed by atoms with Gasteiger partial charge in [-0.15, -0.1) is 0 Å². The predicted octanol–water partition coefficient (Wildman–Crippen LogP) is 8.21. The summed E-state index contributed by atoms with van der Waals surface area (Å²) >= 11 is 0. The molecule has 6 heteroatoms. The van der Waals surface area contributed by atoms with Crippen molar-refractivity contribution in [1.82, 2.24) is 9.38 Å². The molecule has 0 radical (unpaired) electrons. The molecule has 0 N–H and O–H groups in total. The lowest BCUT2D eigenvalue weighted by atomic mass is 9.94. The Labute approximate surface area is 256 Å². The van der Waals surface area contributed by atoms with Crippen LogP contribution in [0.1, 0.15) is 16.7 Å². The zero-order valence-corrected chi connectivity index (χ0v) is 23.6. The Morgan fingerprint density at radius 3 is 1.69 bits per heavy atom. The van der Waals surface area contributed by atoms with Crippen LogP contribution >= 0.6 is 0 Å². The van der Waals surface area contributed by atoms with Gasteiger partial charge < -0.3 is 0 Å². The smallest absolute Gasteiger partial charge is 0.264 e. The second-order valence-electron chi connectivity index (χ2n) is 10.9. The molecule has 0 fully saturated rings. The van der Waals surface area contributed by atoms with Crippen LogP contribution in [0.5, 0.6) is 0 Å². The van der Waals surface area contributed by atoms with E-state index in [0.717, 1.165) is 49.5 Å². The van der Waals surface area contributed by atoms with Gasteiger partial charge in [0.25, 0.3) is 5.56 Å². The first-order valence-corrected chi connectivity index (χ1v) is 14.3. The minimum absolute atomic E-state index is 0.162. The van der Waals surface area contributed by atoms with Crippen LogP contribution in [0.15, 0.2) is 120 Å². The summed E-state index contributed by atoms with van der Waals surface area (Å²) in [5, 5.41) is 31.2. The summed E-state index contributed by atoms with van der Waals surface area (Å²) in [6, 6.07) is 42.5. The van der Waals surface area contributed by atoms with Crippen LogP contribution in [-0.4, -0.2) is 9.38 Å². The molecule has 0 aliphatic heterocycles. The van der Waals surface area contributed by atoms with Crippen molar-refractivity contribution in [3.63, 3.8) is 0 Å². The van der Waals surface area contributed by atoms with E-state index in [1.807, 2.05) is 78.9 Å². The summed E-state index contributed by atoms with van der Waals surface area (Å²) in [5.74, 6) is 0. The second kappa shape index (κ2) is 9.89. The molecule has 0 saturated heterocycles. The number of hydrogen-bond acceptors (Lipinski definition) is 5. The zero-order chi connectivity index (χ0) is 30.7. The van der Waals surface area contributed by atoms with Crippen molar-refractivity contribution in [3.05, 3.63) is 142 Å². The van der Waals surface area contributed by atoms with Gasteiger partial charge in [-0.25, -0.2) is 4.98 Å². The van der Waals surface area contributed by atoms with Crippen molar-refractivity contribution in [2.24, 2.45) is 0 Å². The highest BCUT2D eigenvalue weighted by molar-refractivity contribution is 6.19. The van der Waals surface area contributed by atoms with E-state index in [1.165, 1.54) is 0 Å². The van der Waals surface area contributed by atoms with Crippen LogP contribution < -0.4 is 5.56 Å². The number of rotatable bonds is 3. The summed E-state index contributed by atoms with van der Waals surface area (Å²) in [7, 11) is 0. The maximum Gasteiger partial charge on any atom is 0.264 e. The first-order valence-electron chi connectivity index (χ1n) is 14.3. The Balaban J connectivity index is 1.47. The maximum absolute atomic E-state index is 14.4. The average Bonchev–Trinajstić information content (AvgIpc) is 3.50. The SMILES string of the molecule is N#Cc1ccc(-c2cc(-c3ccc(C#N)cc3)c3nc4c5cccc6c(-c7ccc(C#N)cc7)ccc(c(=O)n4c3c2)c65)cc1. The molecule has 45 heavy (non-hydrogen) atoms. The highest BCUT2D eigenvalue weighted by Gasteiger charge is 2.21. The van der Waals surface area contributed by atoms with Gasteiger partial charge in [0.15, 0.2) is 0 Å². The van der Waals surface area contributed by atoms with Crippen LogP contribution in [0.2, 0.25) is 0 Å². The molecule has 2 aromatic heterocycles. The van der Waals surface area contributed by atoms with Crippen molar-refractivity contribution in [2.75, 3.05) is 0 Å². The number of pyridine rings is 1. The van der Waals surface area contributed by atoms with Gasteiger partial charge >= 0.3 is 0 Å². The van der Waals surface area contributed by atoms with E-state index in [0.29, 0.717) is 38.8 Å². The molecule has 8 rings (SSSR count). The number of imidazole rings is 1. The number of nitrogens with zero attached hydrogens (tertiary/aromatic N) is 5. The molecule has 0 atom stereocenters. The van der Waals surface area contributed by atoms with Gasteiger partial charge in [-0.1, -0.05) is 60.7 Å². The van der Waals surface area contributed by atoms with Crippen LogP contribution in [0.25, 0.3) is 71.6 Å². The number of fused-ring (bicyclic) bond motifs is 4. The normalized spacial score (nSPS) is 11.1. The van der Waals surface area contributed by atoms with E-state index in [2.05, 4.69) is 18.2 Å². The van der Waals surface area contributed by atoms with E-state index < -0.39 is 0 Å². The van der Waals surface area contributed by atoms with E-state index in [1.54, 1.807) is 40.8 Å². The van der Waals surface area contributed by atoms with Crippen LogP contribution in [-0.2, 0) is 0 Å². The summed E-state index contributed by atoms with van der Waals surface area (Å²) in [6.07, 6.45) is 0. The summed E-state index contributed by atoms with van der Waals surface area (Å²) in [4.78, 5) is 19.5. The van der Waals surface area contributed by atoms with Crippen molar-refractivity contribution in [1.29, 1.82) is 15.8 Å². The van der Waals surface area contributed by atoms with Gasteiger partial charge in [0.05, 0.1) is 45.9 Å². The fourth-order valence-electron chi connectivity index (χ4n) is 6.28. The molecule has 206 valence electrons. The van der Waals surface area contributed by atoms with E-state index in [-0.39, 0.29) is 5.56 Å².